The standard InChI is InChI=1S/C13H12BF3NO/c1-10-5-4-6-11(18-10)9-19-13-8-3-2-7-12(13)14(15,16)17/h2-8H,9H2,1H3/q-1. The molecule has 0 aliphatic rings. The van der Waals surface area contributed by atoms with Crippen LogP contribution in [0.2, 0.25) is 0 Å². The van der Waals surface area contributed by atoms with Crippen molar-refractivity contribution in [3.8, 4) is 5.75 Å². The van der Waals surface area contributed by atoms with Crippen LogP contribution in [0.4, 0.5) is 12.9 Å². The highest BCUT2D eigenvalue weighted by Crippen LogP contribution is 2.18. The molecule has 0 aliphatic carbocycles. The molecule has 0 saturated heterocycles. The van der Waals surface area contributed by atoms with Gasteiger partial charge in [0, 0.05) is 5.69 Å². The van der Waals surface area contributed by atoms with E-state index in [0.717, 1.165) is 11.8 Å². The third kappa shape index (κ3) is 3.50. The fraction of sp³-hybridized carbons (Fsp3) is 0.154. The Hall–Kier alpha value is -1.98. The third-order valence-corrected chi connectivity index (χ3v) is 2.59. The van der Waals surface area contributed by atoms with Gasteiger partial charge in [0.05, 0.1) is 11.4 Å². The number of aryl methyl sites for hydroxylation is 1. The summed E-state index contributed by atoms with van der Waals surface area (Å²) in [6.07, 6.45) is 0. The van der Waals surface area contributed by atoms with Crippen LogP contribution in [0.15, 0.2) is 42.5 Å². The molecule has 2 nitrogen and oxygen atoms in total. The maximum absolute atomic E-state index is 12.8. The number of rotatable bonds is 4. The van der Waals surface area contributed by atoms with Crippen LogP contribution < -0.4 is 10.2 Å². The van der Waals surface area contributed by atoms with Gasteiger partial charge in [-0.3, -0.25) is 4.98 Å². The van der Waals surface area contributed by atoms with Crippen molar-refractivity contribution in [2.75, 3.05) is 0 Å². The number of hydrogen-bond acceptors (Lipinski definition) is 2. The minimum Gasteiger partial charge on any atom is -0.490 e. The number of pyridine rings is 1. The lowest BCUT2D eigenvalue weighted by Crippen LogP contribution is -2.35. The SMILES string of the molecule is Cc1cccc(COc2ccccc2[B-](F)(F)F)n1. The predicted molar refractivity (Wildman–Crippen MR) is 68.5 cm³/mol. The van der Waals surface area contributed by atoms with Gasteiger partial charge in [0.2, 0.25) is 0 Å². The van der Waals surface area contributed by atoms with Crippen LogP contribution in [0.1, 0.15) is 11.4 Å². The monoisotopic (exact) mass is 266 g/mol. The summed E-state index contributed by atoms with van der Waals surface area (Å²) in [5, 5.41) is 0. The molecule has 0 atom stereocenters. The predicted octanol–water partition coefficient (Wildman–Crippen LogP) is 3.02. The molecule has 0 spiro atoms. The molecule has 6 heteroatoms. The molecule has 0 saturated carbocycles. The number of nitrogens with zero attached hydrogens (tertiary/aromatic N) is 1. The van der Waals surface area contributed by atoms with Gasteiger partial charge in [-0.05, 0) is 25.1 Å². The smallest absolute Gasteiger partial charge is 0.490 e. The largest absolute Gasteiger partial charge is 0.513 e. The van der Waals surface area contributed by atoms with Crippen molar-refractivity contribution in [1.82, 2.24) is 4.98 Å². The van der Waals surface area contributed by atoms with E-state index in [9.17, 15) is 12.9 Å². The lowest BCUT2D eigenvalue weighted by molar-refractivity contribution is 0.302. The van der Waals surface area contributed by atoms with Crippen molar-refractivity contribution in [3.05, 3.63) is 53.9 Å². The van der Waals surface area contributed by atoms with Crippen LogP contribution in [-0.2, 0) is 6.61 Å². The molecule has 0 bridgehead atoms. The summed E-state index contributed by atoms with van der Waals surface area (Å²) in [6, 6.07) is 10.5. The van der Waals surface area contributed by atoms with E-state index in [4.69, 9.17) is 4.74 Å². The minimum absolute atomic E-state index is 0.0187. The summed E-state index contributed by atoms with van der Waals surface area (Å²) < 4.78 is 43.7. The topological polar surface area (TPSA) is 22.1 Å². The number of para-hydroxylation sites is 1. The summed E-state index contributed by atoms with van der Waals surface area (Å²) >= 11 is 0. The van der Waals surface area contributed by atoms with E-state index < -0.39 is 12.4 Å². The lowest BCUT2D eigenvalue weighted by atomic mass is 9.79. The van der Waals surface area contributed by atoms with Crippen LogP contribution in [0.25, 0.3) is 0 Å². The van der Waals surface area contributed by atoms with Gasteiger partial charge < -0.3 is 17.7 Å². The summed E-state index contributed by atoms with van der Waals surface area (Å²) in [5.41, 5.74) is 0.689. The fourth-order valence-corrected chi connectivity index (χ4v) is 1.71. The van der Waals surface area contributed by atoms with Crippen molar-refractivity contribution in [2.24, 2.45) is 0 Å². The first kappa shape index (κ1) is 13.5. The molecule has 19 heavy (non-hydrogen) atoms. The molecule has 2 rings (SSSR count). The van der Waals surface area contributed by atoms with E-state index in [1.807, 2.05) is 13.0 Å². The average molecular weight is 266 g/mol. The molecule has 0 unspecified atom stereocenters. The number of aromatic nitrogens is 1. The molecule has 1 aromatic heterocycles. The number of ether oxygens (including phenoxy) is 1. The summed E-state index contributed by atoms with van der Waals surface area (Å²) in [6.45, 7) is -3.24. The lowest BCUT2D eigenvalue weighted by Gasteiger charge is -2.19. The Labute approximate surface area is 109 Å². The van der Waals surface area contributed by atoms with E-state index in [1.165, 1.54) is 18.2 Å². The van der Waals surface area contributed by atoms with E-state index >= 15 is 0 Å². The van der Waals surface area contributed by atoms with Crippen molar-refractivity contribution in [1.29, 1.82) is 0 Å². The zero-order valence-electron chi connectivity index (χ0n) is 10.3. The molecule has 100 valence electrons. The third-order valence-electron chi connectivity index (χ3n) is 2.59. The zero-order valence-corrected chi connectivity index (χ0v) is 10.3. The van der Waals surface area contributed by atoms with Gasteiger partial charge in [0.1, 0.15) is 6.61 Å². The Kier molecular flexibility index (Phi) is 3.78. The Morgan fingerprint density at radius 3 is 2.47 bits per heavy atom. The number of benzene rings is 1. The molecular weight excluding hydrogens is 254 g/mol. The molecule has 1 heterocycles. The van der Waals surface area contributed by atoms with Gasteiger partial charge >= 0.3 is 6.98 Å². The van der Waals surface area contributed by atoms with Crippen LogP contribution in [-0.4, -0.2) is 12.0 Å². The zero-order chi connectivity index (χ0) is 13.9. The molecule has 0 radical (unpaired) electrons. The summed E-state index contributed by atoms with van der Waals surface area (Å²) in [5.74, 6) is -0.154. The second-order valence-electron chi connectivity index (χ2n) is 4.17. The summed E-state index contributed by atoms with van der Waals surface area (Å²) in [7, 11) is 0. The van der Waals surface area contributed by atoms with Gasteiger partial charge in [-0.25, -0.2) is 0 Å². The normalized spacial score (nSPS) is 11.4. The molecule has 2 aromatic rings. The maximum atomic E-state index is 12.8. The maximum Gasteiger partial charge on any atom is 0.513 e. The van der Waals surface area contributed by atoms with Crippen LogP contribution in [0.3, 0.4) is 0 Å². The van der Waals surface area contributed by atoms with Gasteiger partial charge in [0.25, 0.3) is 0 Å². The Bertz CT molecular complexity index is 572. The Balaban J connectivity index is 2.16. The highest BCUT2D eigenvalue weighted by atomic mass is 19.4. The van der Waals surface area contributed by atoms with Crippen molar-refractivity contribution in [3.63, 3.8) is 0 Å². The highest BCUT2D eigenvalue weighted by Gasteiger charge is 2.28. The molecule has 0 aliphatic heterocycles. The van der Waals surface area contributed by atoms with E-state index in [0.29, 0.717) is 5.69 Å². The Morgan fingerprint density at radius 2 is 1.79 bits per heavy atom. The van der Waals surface area contributed by atoms with Crippen molar-refractivity contribution in [2.45, 2.75) is 13.5 Å². The average Bonchev–Trinajstić information content (AvgIpc) is 2.36. The quantitative estimate of drug-likeness (QED) is 0.793. The first-order valence-corrected chi connectivity index (χ1v) is 5.81. The fourth-order valence-electron chi connectivity index (χ4n) is 1.71. The molecular formula is C13H12BF3NO-. The van der Waals surface area contributed by atoms with Gasteiger partial charge in [-0.1, -0.05) is 29.7 Å². The van der Waals surface area contributed by atoms with Gasteiger partial charge in [-0.2, -0.15) is 0 Å². The van der Waals surface area contributed by atoms with Gasteiger partial charge in [-0.15, -0.1) is 0 Å². The summed E-state index contributed by atoms with van der Waals surface area (Å²) in [4.78, 5) is 4.18. The second-order valence-corrected chi connectivity index (χ2v) is 4.17. The first-order valence-electron chi connectivity index (χ1n) is 5.81. The molecule has 0 N–H and O–H groups in total. The Morgan fingerprint density at radius 1 is 1.05 bits per heavy atom. The first-order chi connectivity index (χ1) is 8.97. The molecule has 0 amide bonds. The number of hydrogen-bond donors (Lipinski definition) is 0. The van der Waals surface area contributed by atoms with E-state index in [-0.39, 0.29) is 12.4 Å². The van der Waals surface area contributed by atoms with Crippen LogP contribution in [0.5, 0.6) is 5.75 Å². The molecule has 1 aromatic carbocycles. The van der Waals surface area contributed by atoms with E-state index in [1.54, 1.807) is 12.1 Å². The second kappa shape index (κ2) is 5.34. The van der Waals surface area contributed by atoms with E-state index in [2.05, 4.69) is 4.98 Å². The van der Waals surface area contributed by atoms with Gasteiger partial charge in [0.15, 0.2) is 0 Å². The van der Waals surface area contributed by atoms with Crippen molar-refractivity contribution >= 4 is 12.4 Å². The van der Waals surface area contributed by atoms with Crippen LogP contribution >= 0.6 is 0 Å². The van der Waals surface area contributed by atoms with Crippen molar-refractivity contribution < 1.29 is 17.7 Å². The minimum atomic E-state index is -5.07. The van der Waals surface area contributed by atoms with Crippen LogP contribution in [0, 0.1) is 6.92 Å². The molecule has 0 fully saturated rings. The number of halogens is 3. The highest BCUT2D eigenvalue weighted by molar-refractivity contribution is 6.74.